The van der Waals surface area contributed by atoms with Gasteiger partial charge in [0.1, 0.15) is 11.4 Å². The van der Waals surface area contributed by atoms with E-state index in [9.17, 15) is 26.3 Å². The predicted molar refractivity (Wildman–Crippen MR) is 117 cm³/mol. The molecule has 0 aliphatic carbocycles. The number of hydrogen-bond acceptors (Lipinski definition) is 4. The Labute approximate surface area is 201 Å². The van der Waals surface area contributed by atoms with Gasteiger partial charge in [0, 0.05) is 37.3 Å². The number of nitrogens with two attached hydrogens (primary N) is 2. The van der Waals surface area contributed by atoms with Crippen LogP contribution >= 0.6 is 49.6 Å². The molecule has 16 heteroatoms. The van der Waals surface area contributed by atoms with E-state index in [1.54, 1.807) is 0 Å². The van der Waals surface area contributed by atoms with Crippen LogP contribution in [0.4, 0.5) is 26.3 Å². The Morgan fingerprint density at radius 3 is 1.06 bits per heavy atom. The van der Waals surface area contributed by atoms with Crippen LogP contribution in [0.1, 0.15) is 55.9 Å². The molecule has 0 saturated heterocycles. The van der Waals surface area contributed by atoms with E-state index >= 15 is 0 Å². The number of nitrogens with zero attached hydrogens (tertiary/aromatic N) is 4. The highest BCUT2D eigenvalue weighted by molar-refractivity contribution is 5.86. The molecule has 2 atom stereocenters. The van der Waals surface area contributed by atoms with Crippen LogP contribution in [0, 0.1) is 0 Å². The average molecular weight is 548 g/mol. The maximum atomic E-state index is 12.4. The predicted octanol–water partition coefficient (Wildman–Crippen LogP) is 5.24. The van der Waals surface area contributed by atoms with Crippen molar-refractivity contribution in [3.8, 4) is 0 Å². The fourth-order valence-electron chi connectivity index (χ4n) is 2.27. The summed E-state index contributed by atoms with van der Waals surface area (Å²) in [6.45, 7) is 2.98. The van der Waals surface area contributed by atoms with Crippen LogP contribution in [0.3, 0.4) is 0 Å². The Bertz CT molecular complexity index is 681. The molecule has 0 amide bonds. The quantitative estimate of drug-likeness (QED) is 0.503. The summed E-state index contributed by atoms with van der Waals surface area (Å²) in [6.07, 6.45) is -6.50. The van der Waals surface area contributed by atoms with Crippen molar-refractivity contribution in [3.63, 3.8) is 0 Å². The van der Waals surface area contributed by atoms with Gasteiger partial charge in [0.25, 0.3) is 0 Å². The third-order valence-corrected chi connectivity index (χ3v) is 3.45. The van der Waals surface area contributed by atoms with Gasteiger partial charge in [-0.15, -0.1) is 49.6 Å². The smallest absolute Gasteiger partial charge is 0.324 e. The second-order valence-corrected chi connectivity index (χ2v) is 5.72. The third kappa shape index (κ3) is 10.5. The third-order valence-electron chi connectivity index (χ3n) is 3.45. The van der Waals surface area contributed by atoms with Crippen molar-refractivity contribution in [2.45, 2.75) is 45.7 Å². The van der Waals surface area contributed by atoms with Gasteiger partial charge in [0.15, 0.2) is 0 Å². The minimum atomic E-state index is -4.39. The molecule has 0 unspecified atom stereocenters. The Morgan fingerprint density at radius 1 is 0.710 bits per heavy atom. The van der Waals surface area contributed by atoms with E-state index in [-0.39, 0.29) is 68.2 Å². The van der Waals surface area contributed by atoms with Crippen LogP contribution in [0.15, 0.2) is 12.4 Å². The van der Waals surface area contributed by atoms with Crippen molar-refractivity contribution in [3.05, 3.63) is 34.9 Å². The number of aryl methyl sites for hydroxylation is 2. The van der Waals surface area contributed by atoms with Crippen molar-refractivity contribution in [2.75, 3.05) is 0 Å². The molecule has 0 radical (unpaired) electrons. The summed E-state index contributed by atoms with van der Waals surface area (Å²) in [7, 11) is 2.49. The van der Waals surface area contributed by atoms with Gasteiger partial charge in [-0.05, 0) is 13.8 Å². The summed E-state index contributed by atoms with van der Waals surface area (Å²) in [5.74, 6) is 0. The lowest BCUT2D eigenvalue weighted by Gasteiger charge is -2.11. The maximum absolute atomic E-state index is 12.4. The van der Waals surface area contributed by atoms with Crippen LogP contribution in [0.5, 0.6) is 0 Å². The number of aromatic nitrogens is 4. The summed E-state index contributed by atoms with van der Waals surface area (Å²) in [5, 5.41) is 7.04. The Kier molecular flexibility index (Phi) is 19.6. The van der Waals surface area contributed by atoms with Gasteiger partial charge in [0.05, 0.1) is 12.4 Å². The number of alkyl halides is 6. The molecule has 2 aromatic rings. The lowest BCUT2D eigenvalue weighted by molar-refractivity contribution is -0.145. The lowest BCUT2D eigenvalue weighted by Crippen LogP contribution is -2.17. The van der Waals surface area contributed by atoms with E-state index in [1.807, 2.05) is 0 Å². The monoisotopic (exact) mass is 546 g/mol. The number of hydrogen-bond donors (Lipinski definition) is 2. The van der Waals surface area contributed by atoms with Crippen molar-refractivity contribution in [2.24, 2.45) is 25.6 Å². The number of rotatable bonds is 2. The molecule has 0 aliphatic rings. The molecule has 0 spiro atoms. The van der Waals surface area contributed by atoms with Gasteiger partial charge in [0.2, 0.25) is 0 Å². The maximum Gasteiger partial charge on any atom is 0.433 e. The first-order valence-corrected chi connectivity index (χ1v) is 7.37. The largest absolute Gasteiger partial charge is 0.433 e. The summed E-state index contributed by atoms with van der Waals surface area (Å²) >= 11 is 0. The molecule has 0 aliphatic heterocycles. The first-order chi connectivity index (χ1) is 11.7. The molecule has 188 valence electrons. The van der Waals surface area contributed by atoms with Crippen LogP contribution in [0.2, 0.25) is 0 Å². The van der Waals surface area contributed by atoms with Gasteiger partial charge in [-0.25, -0.2) is 0 Å². The highest BCUT2D eigenvalue weighted by Crippen LogP contribution is 2.34. The fraction of sp³-hybridized carbons (Fsp3) is 0.600. The molecule has 2 heterocycles. The van der Waals surface area contributed by atoms with Gasteiger partial charge in [-0.2, -0.15) is 36.5 Å². The second-order valence-electron chi connectivity index (χ2n) is 5.72. The molecule has 0 bridgehead atoms. The van der Waals surface area contributed by atoms with E-state index < -0.39 is 35.8 Å². The number of halogens is 10. The normalized spacial score (nSPS) is 12.3. The van der Waals surface area contributed by atoms with Crippen LogP contribution < -0.4 is 11.5 Å². The van der Waals surface area contributed by atoms with Gasteiger partial charge in [-0.3, -0.25) is 9.36 Å². The Hall–Kier alpha value is -0.920. The van der Waals surface area contributed by atoms with Gasteiger partial charge in [-0.1, -0.05) is 7.43 Å². The minimum absolute atomic E-state index is 0. The molecular weight excluding hydrogens is 520 g/mol. The molecule has 31 heavy (non-hydrogen) atoms. The van der Waals surface area contributed by atoms with E-state index in [0.29, 0.717) is 0 Å². The second kappa shape index (κ2) is 15.0. The summed E-state index contributed by atoms with van der Waals surface area (Å²) in [6, 6.07) is -1.32. The van der Waals surface area contributed by atoms with Gasteiger partial charge >= 0.3 is 12.4 Å². The topological polar surface area (TPSA) is 87.7 Å². The molecule has 4 N–H and O–H groups in total. The van der Waals surface area contributed by atoms with Gasteiger partial charge < -0.3 is 11.5 Å². The van der Waals surface area contributed by atoms with E-state index in [1.165, 1.54) is 27.9 Å². The minimum Gasteiger partial charge on any atom is -0.324 e. The van der Waals surface area contributed by atoms with E-state index in [2.05, 4.69) is 10.2 Å². The molecule has 0 saturated carbocycles. The Balaban J connectivity index is -0.000000125. The zero-order valence-corrected chi connectivity index (χ0v) is 19.4. The molecular formula is C15H28Cl4F6N6. The van der Waals surface area contributed by atoms with Crippen molar-refractivity contribution < 1.29 is 26.3 Å². The molecule has 2 aromatic heterocycles. The Morgan fingerprint density at radius 2 is 0.935 bits per heavy atom. The highest BCUT2D eigenvalue weighted by atomic mass is 35.5. The highest BCUT2D eigenvalue weighted by Gasteiger charge is 2.38. The van der Waals surface area contributed by atoms with E-state index in [0.717, 1.165) is 21.8 Å². The summed E-state index contributed by atoms with van der Waals surface area (Å²) in [5.41, 5.74) is 9.24. The first-order valence-electron chi connectivity index (χ1n) is 7.37. The molecule has 6 nitrogen and oxygen atoms in total. The zero-order chi connectivity index (χ0) is 20.4. The lowest BCUT2D eigenvalue weighted by atomic mass is 10.1. The fourth-order valence-corrected chi connectivity index (χ4v) is 2.27. The van der Waals surface area contributed by atoms with Crippen LogP contribution in [-0.4, -0.2) is 19.6 Å². The first kappa shape index (κ1) is 40.4. The zero-order valence-electron chi connectivity index (χ0n) is 16.2. The standard InChI is InChI=1S/2C7H10F3N3.CH4.4ClH/c2*1-4(11)5-3-12-13(2)6(5)7(8,9)10;;;;;/h2*3-4H,11H2,1-2H3;1H4;4*1H/t2*4-;;;;;/m10...../s1. The van der Waals surface area contributed by atoms with E-state index in [4.69, 9.17) is 11.5 Å². The molecule has 0 fully saturated rings. The van der Waals surface area contributed by atoms with Crippen molar-refractivity contribution in [1.82, 2.24) is 19.6 Å². The van der Waals surface area contributed by atoms with Crippen LogP contribution in [-0.2, 0) is 26.4 Å². The molecule has 2 rings (SSSR count). The average Bonchev–Trinajstić information content (AvgIpc) is 3.01. The SMILES string of the molecule is C.C[C@@H](N)c1cnn(C)c1C(F)(F)F.C[C@H](N)c1cnn(C)c1C(F)(F)F.Cl.Cl.Cl.Cl. The van der Waals surface area contributed by atoms with Crippen molar-refractivity contribution in [1.29, 1.82) is 0 Å². The summed E-state index contributed by atoms with van der Waals surface area (Å²) in [4.78, 5) is 0. The van der Waals surface area contributed by atoms with Crippen LogP contribution in [0.25, 0.3) is 0 Å². The summed E-state index contributed by atoms with van der Waals surface area (Å²) < 4.78 is 75.9. The molecule has 0 aromatic carbocycles. The van der Waals surface area contributed by atoms with Crippen molar-refractivity contribution >= 4 is 49.6 Å².